The van der Waals surface area contributed by atoms with E-state index in [1.807, 2.05) is 25.7 Å². The molecule has 0 saturated carbocycles. The molecule has 0 aliphatic carbocycles. The number of carbonyl (C=O) groups excluding carboxylic acids is 1. The monoisotopic (exact) mass is 241 g/mol. The van der Waals surface area contributed by atoms with Gasteiger partial charge in [0.15, 0.2) is 0 Å². The number of piperidine rings is 1. The van der Waals surface area contributed by atoms with E-state index in [0.29, 0.717) is 0 Å². The lowest BCUT2D eigenvalue weighted by Gasteiger charge is -2.44. The highest BCUT2D eigenvalue weighted by Crippen LogP contribution is 2.44. The summed E-state index contributed by atoms with van der Waals surface area (Å²) in [5.41, 5.74) is -0.558. The van der Waals surface area contributed by atoms with Gasteiger partial charge in [-0.15, -0.1) is 0 Å². The molecule has 2 saturated heterocycles. The highest BCUT2D eigenvalue weighted by atomic mass is 16.6. The SMILES string of the molecule is CC(C)(C)OC(=O)N1CCC2(CO2)CC1(C)C. The van der Waals surface area contributed by atoms with Gasteiger partial charge in [-0.05, 0) is 41.0 Å². The maximum atomic E-state index is 12.1. The fourth-order valence-electron chi connectivity index (χ4n) is 2.59. The second kappa shape index (κ2) is 3.61. The number of amides is 1. The van der Waals surface area contributed by atoms with Crippen LogP contribution in [0.1, 0.15) is 47.5 Å². The maximum Gasteiger partial charge on any atom is 0.410 e. The number of nitrogens with zero attached hydrogens (tertiary/aromatic N) is 1. The number of hydrogen-bond donors (Lipinski definition) is 0. The Bertz CT molecular complexity index is 326. The Hall–Kier alpha value is -0.770. The van der Waals surface area contributed by atoms with Gasteiger partial charge in [0.05, 0.1) is 12.2 Å². The van der Waals surface area contributed by atoms with Crippen LogP contribution in [0.3, 0.4) is 0 Å². The molecule has 0 aromatic carbocycles. The van der Waals surface area contributed by atoms with Gasteiger partial charge in [-0.1, -0.05) is 0 Å². The normalized spacial score (nSPS) is 31.5. The summed E-state index contributed by atoms with van der Waals surface area (Å²) in [7, 11) is 0. The van der Waals surface area contributed by atoms with Crippen molar-refractivity contribution in [3.63, 3.8) is 0 Å². The molecule has 2 aliphatic rings. The number of hydrogen-bond acceptors (Lipinski definition) is 3. The first-order chi connectivity index (χ1) is 7.64. The minimum absolute atomic E-state index is 0.0576. The molecule has 0 radical (unpaired) electrons. The number of likely N-dealkylation sites (tertiary alicyclic amines) is 1. The van der Waals surface area contributed by atoms with Gasteiger partial charge >= 0.3 is 6.09 Å². The van der Waals surface area contributed by atoms with Crippen molar-refractivity contribution < 1.29 is 14.3 Å². The van der Waals surface area contributed by atoms with Crippen molar-refractivity contribution in [2.75, 3.05) is 13.2 Å². The summed E-state index contributed by atoms with van der Waals surface area (Å²) in [4.78, 5) is 14.0. The molecule has 2 rings (SSSR count). The highest BCUT2D eigenvalue weighted by molar-refractivity contribution is 5.69. The van der Waals surface area contributed by atoms with Crippen LogP contribution in [0.15, 0.2) is 0 Å². The highest BCUT2D eigenvalue weighted by Gasteiger charge is 2.54. The Morgan fingerprint density at radius 2 is 1.94 bits per heavy atom. The van der Waals surface area contributed by atoms with Gasteiger partial charge in [0.1, 0.15) is 5.60 Å². The van der Waals surface area contributed by atoms with Crippen LogP contribution >= 0.6 is 0 Å². The Morgan fingerprint density at radius 3 is 2.35 bits per heavy atom. The van der Waals surface area contributed by atoms with E-state index < -0.39 is 5.60 Å². The number of ether oxygens (including phenoxy) is 2. The average Bonchev–Trinajstić information content (AvgIpc) is 2.78. The Balaban J connectivity index is 2.03. The Morgan fingerprint density at radius 1 is 1.35 bits per heavy atom. The summed E-state index contributed by atoms with van der Waals surface area (Å²) in [5.74, 6) is 0. The van der Waals surface area contributed by atoms with Crippen molar-refractivity contribution in [3.05, 3.63) is 0 Å². The summed E-state index contributed by atoms with van der Waals surface area (Å²) >= 11 is 0. The third-order valence-electron chi connectivity index (χ3n) is 3.44. The molecule has 1 atom stereocenters. The molecule has 1 unspecified atom stereocenters. The summed E-state index contributed by atoms with van der Waals surface area (Å²) in [6.45, 7) is 11.4. The van der Waals surface area contributed by atoms with Gasteiger partial charge in [-0.2, -0.15) is 0 Å². The van der Waals surface area contributed by atoms with Gasteiger partial charge in [-0.25, -0.2) is 4.79 Å². The van der Waals surface area contributed by atoms with Gasteiger partial charge in [0, 0.05) is 18.5 Å². The van der Waals surface area contributed by atoms with Crippen LogP contribution in [0.5, 0.6) is 0 Å². The number of rotatable bonds is 0. The lowest BCUT2D eigenvalue weighted by atomic mass is 9.83. The van der Waals surface area contributed by atoms with Gasteiger partial charge in [0.25, 0.3) is 0 Å². The second-order valence-electron chi connectivity index (χ2n) is 6.84. The first-order valence-corrected chi connectivity index (χ1v) is 6.28. The van der Waals surface area contributed by atoms with E-state index in [4.69, 9.17) is 9.47 Å². The molecule has 17 heavy (non-hydrogen) atoms. The fraction of sp³-hybridized carbons (Fsp3) is 0.923. The molecular formula is C13H23NO3. The van der Waals surface area contributed by atoms with Crippen LogP contribution < -0.4 is 0 Å². The number of carbonyl (C=O) groups is 1. The molecule has 0 N–H and O–H groups in total. The molecule has 98 valence electrons. The maximum absolute atomic E-state index is 12.1. The molecule has 4 nitrogen and oxygen atoms in total. The fourth-order valence-corrected chi connectivity index (χ4v) is 2.59. The Labute approximate surface area is 103 Å². The van der Waals surface area contributed by atoms with Gasteiger partial charge in [0.2, 0.25) is 0 Å². The first-order valence-electron chi connectivity index (χ1n) is 6.28. The summed E-state index contributed by atoms with van der Waals surface area (Å²) in [6, 6.07) is 0. The zero-order chi connectivity index (χ0) is 12.9. The predicted molar refractivity (Wildman–Crippen MR) is 64.9 cm³/mol. The molecule has 2 aliphatic heterocycles. The van der Waals surface area contributed by atoms with Crippen molar-refractivity contribution in [2.24, 2.45) is 0 Å². The summed E-state index contributed by atoms with van der Waals surface area (Å²) in [6.07, 6.45) is 1.62. The van der Waals surface area contributed by atoms with Crippen LogP contribution in [0.25, 0.3) is 0 Å². The molecule has 2 heterocycles. The molecule has 4 heteroatoms. The molecule has 0 aromatic rings. The van der Waals surface area contributed by atoms with Gasteiger partial charge < -0.3 is 14.4 Å². The number of epoxide rings is 1. The zero-order valence-electron chi connectivity index (χ0n) is 11.5. The van der Waals surface area contributed by atoms with E-state index in [1.165, 1.54) is 0 Å². The minimum Gasteiger partial charge on any atom is -0.444 e. The smallest absolute Gasteiger partial charge is 0.410 e. The standard InChI is InChI=1S/C13H23NO3/c1-11(2,3)17-10(15)14-7-6-13(9-16-13)8-12(14,4)5/h6-9H2,1-5H3. The third kappa shape index (κ3) is 2.73. The van der Waals surface area contributed by atoms with Crippen molar-refractivity contribution >= 4 is 6.09 Å². The molecular weight excluding hydrogens is 218 g/mol. The van der Waals surface area contributed by atoms with Crippen molar-refractivity contribution in [1.82, 2.24) is 4.90 Å². The van der Waals surface area contributed by atoms with E-state index in [-0.39, 0.29) is 17.2 Å². The van der Waals surface area contributed by atoms with E-state index in [1.54, 1.807) is 0 Å². The molecule has 2 fully saturated rings. The van der Waals surface area contributed by atoms with E-state index >= 15 is 0 Å². The zero-order valence-corrected chi connectivity index (χ0v) is 11.5. The average molecular weight is 241 g/mol. The molecule has 1 amide bonds. The first kappa shape index (κ1) is 12.7. The topological polar surface area (TPSA) is 42.1 Å². The van der Waals surface area contributed by atoms with Crippen molar-refractivity contribution in [2.45, 2.75) is 64.2 Å². The molecule has 0 bridgehead atoms. The van der Waals surface area contributed by atoms with E-state index in [9.17, 15) is 4.79 Å². The predicted octanol–water partition coefficient (Wildman–Crippen LogP) is 2.56. The van der Waals surface area contributed by atoms with E-state index in [0.717, 1.165) is 26.0 Å². The van der Waals surface area contributed by atoms with Crippen molar-refractivity contribution in [3.8, 4) is 0 Å². The quantitative estimate of drug-likeness (QED) is 0.612. The third-order valence-corrected chi connectivity index (χ3v) is 3.44. The van der Waals surface area contributed by atoms with Crippen LogP contribution in [-0.4, -0.2) is 40.9 Å². The molecule has 1 spiro atoms. The Kier molecular flexibility index (Phi) is 2.69. The second-order valence-corrected chi connectivity index (χ2v) is 6.84. The van der Waals surface area contributed by atoms with E-state index in [2.05, 4.69) is 13.8 Å². The lowest BCUT2D eigenvalue weighted by Crippen LogP contribution is -2.56. The largest absolute Gasteiger partial charge is 0.444 e. The summed E-state index contributed by atoms with van der Waals surface area (Å²) < 4.78 is 11.0. The summed E-state index contributed by atoms with van der Waals surface area (Å²) in [5, 5.41) is 0. The lowest BCUT2D eigenvalue weighted by molar-refractivity contribution is -0.0188. The van der Waals surface area contributed by atoms with Crippen LogP contribution in [0.4, 0.5) is 4.79 Å². The van der Waals surface area contributed by atoms with Gasteiger partial charge in [-0.3, -0.25) is 0 Å². The molecule has 0 aromatic heterocycles. The van der Waals surface area contributed by atoms with Crippen LogP contribution in [0, 0.1) is 0 Å². The van der Waals surface area contributed by atoms with Crippen LogP contribution in [0.2, 0.25) is 0 Å². The minimum atomic E-state index is -0.432. The van der Waals surface area contributed by atoms with Crippen LogP contribution in [-0.2, 0) is 9.47 Å². The van der Waals surface area contributed by atoms with Crippen molar-refractivity contribution in [1.29, 1.82) is 0 Å².